The van der Waals surface area contributed by atoms with Gasteiger partial charge in [-0.1, -0.05) is 0 Å². The number of hydrogen-bond donors (Lipinski definition) is 2. The highest BCUT2D eigenvalue weighted by Crippen LogP contribution is 2.21. The number of benzene rings is 1. The molecule has 0 atom stereocenters. The van der Waals surface area contributed by atoms with Crippen molar-refractivity contribution < 1.29 is 23.8 Å². The van der Waals surface area contributed by atoms with Crippen molar-refractivity contribution in [3.05, 3.63) is 35.3 Å². The standard InChI is InChI=1S/C12H12FNO4/c1-7(15)14-10(12(16)17)6-8-5-9(13)3-4-11(8)18-2/h3-6H,1-2H3,(H,14,15)(H,16,17)/b10-6+. The third kappa shape index (κ3) is 3.58. The third-order valence-corrected chi connectivity index (χ3v) is 2.03. The smallest absolute Gasteiger partial charge is 0.352 e. The highest BCUT2D eigenvalue weighted by molar-refractivity contribution is 5.96. The second-order valence-corrected chi connectivity index (χ2v) is 3.43. The van der Waals surface area contributed by atoms with Crippen LogP contribution in [0.15, 0.2) is 23.9 Å². The van der Waals surface area contributed by atoms with Gasteiger partial charge in [0.2, 0.25) is 5.91 Å². The molecule has 0 unspecified atom stereocenters. The predicted octanol–water partition coefficient (Wildman–Crippen LogP) is 1.40. The Bertz CT molecular complexity index is 511. The van der Waals surface area contributed by atoms with Gasteiger partial charge in [-0.2, -0.15) is 0 Å². The van der Waals surface area contributed by atoms with E-state index < -0.39 is 17.7 Å². The summed E-state index contributed by atoms with van der Waals surface area (Å²) in [5.41, 5.74) is -0.130. The normalized spacial score (nSPS) is 10.9. The van der Waals surface area contributed by atoms with Crippen LogP contribution in [0.3, 0.4) is 0 Å². The van der Waals surface area contributed by atoms with Gasteiger partial charge in [-0.15, -0.1) is 0 Å². The van der Waals surface area contributed by atoms with E-state index in [1.54, 1.807) is 0 Å². The lowest BCUT2D eigenvalue weighted by Crippen LogP contribution is -2.24. The Balaban J connectivity index is 3.22. The Morgan fingerprint density at radius 1 is 1.44 bits per heavy atom. The number of carbonyl (C=O) groups excluding carboxylic acids is 1. The minimum atomic E-state index is -1.32. The monoisotopic (exact) mass is 253 g/mol. The maximum absolute atomic E-state index is 13.1. The minimum absolute atomic E-state index is 0.226. The lowest BCUT2D eigenvalue weighted by atomic mass is 10.1. The van der Waals surface area contributed by atoms with Crippen LogP contribution in [0, 0.1) is 5.82 Å². The number of hydrogen-bond acceptors (Lipinski definition) is 3. The highest BCUT2D eigenvalue weighted by atomic mass is 19.1. The van der Waals surface area contributed by atoms with Gasteiger partial charge in [0, 0.05) is 12.5 Å². The molecule has 0 heterocycles. The van der Waals surface area contributed by atoms with E-state index in [-0.39, 0.29) is 11.3 Å². The zero-order chi connectivity index (χ0) is 13.7. The van der Waals surface area contributed by atoms with Gasteiger partial charge in [-0.05, 0) is 24.3 Å². The van der Waals surface area contributed by atoms with Crippen LogP contribution in [0.2, 0.25) is 0 Å². The van der Waals surface area contributed by atoms with E-state index in [9.17, 15) is 14.0 Å². The molecule has 6 heteroatoms. The second-order valence-electron chi connectivity index (χ2n) is 3.43. The molecule has 1 aromatic carbocycles. The summed E-state index contributed by atoms with van der Waals surface area (Å²) in [7, 11) is 1.38. The molecule has 0 radical (unpaired) electrons. The van der Waals surface area contributed by atoms with Crippen molar-refractivity contribution in [1.82, 2.24) is 5.32 Å². The van der Waals surface area contributed by atoms with Crippen molar-refractivity contribution in [2.45, 2.75) is 6.92 Å². The fourth-order valence-electron chi connectivity index (χ4n) is 1.31. The van der Waals surface area contributed by atoms with Crippen molar-refractivity contribution in [1.29, 1.82) is 0 Å². The van der Waals surface area contributed by atoms with E-state index in [2.05, 4.69) is 5.32 Å². The van der Waals surface area contributed by atoms with Crippen LogP contribution in [-0.2, 0) is 9.59 Å². The quantitative estimate of drug-likeness (QED) is 0.795. The summed E-state index contributed by atoms with van der Waals surface area (Å²) in [4.78, 5) is 21.8. The van der Waals surface area contributed by atoms with E-state index in [0.29, 0.717) is 5.75 Å². The molecule has 1 rings (SSSR count). The van der Waals surface area contributed by atoms with E-state index >= 15 is 0 Å². The Hall–Kier alpha value is -2.37. The van der Waals surface area contributed by atoms with Crippen LogP contribution < -0.4 is 10.1 Å². The molecule has 0 aliphatic heterocycles. The fourth-order valence-corrected chi connectivity index (χ4v) is 1.31. The Kier molecular flexibility index (Phi) is 4.42. The summed E-state index contributed by atoms with van der Waals surface area (Å²) in [6, 6.07) is 3.67. The molecular weight excluding hydrogens is 241 g/mol. The predicted molar refractivity (Wildman–Crippen MR) is 62.4 cm³/mol. The van der Waals surface area contributed by atoms with Gasteiger partial charge < -0.3 is 15.2 Å². The highest BCUT2D eigenvalue weighted by Gasteiger charge is 2.11. The van der Waals surface area contributed by atoms with Gasteiger partial charge in [0.1, 0.15) is 17.3 Å². The Labute approximate surface area is 103 Å². The maximum Gasteiger partial charge on any atom is 0.352 e. The van der Waals surface area contributed by atoms with Crippen molar-refractivity contribution in [2.75, 3.05) is 7.11 Å². The zero-order valence-corrected chi connectivity index (χ0v) is 9.86. The molecule has 0 aliphatic carbocycles. The molecule has 0 saturated carbocycles. The van der Waals surface area contributed by atoms with Crippen LogP contribution in [-0.4, -0.2) is 24.1 Å². The number of nitrogens with one attached hydrogen (secondary N) is 1. The van der Waals surface area contributed by atoms with Gasteiger partial charge in [-0.25, -0.2) is 9.18 Å². The number of amides is 1. The topological polar surface area (TPSA) is 75.6 Å². The number of halogens is 1. The van der Waals surface area contributed by atoms with Crippen LogP contribution in [0.25, 0.3) is 6.08 Å². The average Bonchev–Trinajstić information content (AvgIpc) is 2.27. The summed E-state index contributed by atoms with van der Waals surface area (Å²) >= 11 is 0. The summed E-state index contributed by atoms with van der Waals surface area (Å²) in [6.07, 6.45) is 1.13. The Morgan fingerprint density at radius 2 is 2.11 bits per heavy atom. The van der Waals surface area contributed by atoms with Crippen LogP contribution >= 0.6 is 0 Å². The van der Waals surface area contributed by atoms with Crippen LogP contribution in [0.1, 0.15) is 12.5 Å². The number of carboxylic acids is 1. The molecule has 2 N–H and O–H groups in total. The number of methoxy groups -OCH3 is 1. The number of carbonyl (C=O) groups is 2. The molecular formula is C12H12FNO4. The molecule has 5 nitrogen and oxygen atoms in total. The molecule has 0 saturated heterocycles. The zero-order valence-electron chi connectivity index (χ0n) is 9.86. The summed E-state index contributed by atoms with van der Waals surface area (Å²) in [6.45, 7) is 1.18. The van der Waals surface area contributed by atoms with E-state index in [0.717, 1.165) is 12.1 Å². The molecule has 1 aromatic rings. The summed E-state index contributed by atoms with van der Waals surface area (Å²) in [5, 5.41) is 11.0. The third-order valence-electron chi connectivity index (χ3n) is 2.03. The molecule has 18 heavy (non-hydrogen) atoms. The second kappa shape index (κ2) is 5.81. The van der Waals surface area contributed by atoms with Crippen LogP contribution in [0.4, 0.5) is 4.39 Å². The molecule has 0 aliphatic rings. The first-order valence-corrected chi connectivity index (χ1v) is 5.00. The van der Waals surface area contributed by atoms with Crippen molar-refractivity contribution in [3.8, 4) is 5.75 Å². The van der Waals surface area contributed by atoms with Gasteiger partial charge in [0.05, 0.1) is 7.11 Å². The molecule has 1 amide bonds. The molecule has 0 fully saturated rings. The molecule has 0 aromatic heterocycles. The SMILES string of the molecule is COc1ccc(F)cc1/C=C(/NC(C)=O)C(=O)O. The van der Waals surface area contributed by atoms with Gasteiger partial charge in [0.15, 0.2) is 0 Å². The summed E-state index contributed by atoms with van der Waals surface area (Å²) in [5.74, 6) is -2.08. The minimum Gasteiger partial charge on any atom is -0.496 e. The summed E-state index contributed by atoms with van der Waals surface area (Å²) < 4.78 is 18.0. The number of ether oxygens (including phenoxy) is 1. The average molecular weight is 253 g/mol. The van der Waals surface area contributed by atoms with E-state index in [1.807, 2.05) is 0 Å². The van der Waals surface area contributed by atoms with Crippen molar-refractivity contribution >= 4 is 18.0 Å². The Morgan fingerprint density at radius 3 is 2.61 bits per heavy atom. The lowest BCUT2D eigenvalue weighted by Gasteiger charge is -2.07. The van der Waals surface area contributed by atoms with Gasteiger partial charge in [0.25, 0.3) is 0 Å². The largest absolute Gasteiger partial charge is 0.496 e. The first kappa shape index (κ1) is 13.7. The fraction of sp³-hybridized carbons (Fsp3) is 0.167. The molecule has 0 bridgehead atoms. The van der Waals surface area contributed by atoms with E-state index in [1.165, 1.54) is 26.2 Å². The lowest BCUT2D eigenvalue weighted by molar-refractivity contribution is -0.134. The first-order valence-electron chi connectivity index (χ1n) is 5.00. The van der Waals surface area contributed by atoms with Crippen LogP contribution in [0.5, 0.6) is 5.75 Å². The molecule has 0 spiro atoms. The number of aliphatic carboxylic acids is 1. The molecule has 96 valence electrons. The van der Waals surface area contributed by atoms with Crippen molar-refractivity contribution in [2.24, 2.45) is 0 Å². The van der Waals surface area contributed by atoms with Crippen molar-refractivity contribution in [3.63, 3.8) is 0 Å². The van der Waals surface area contributed by atoms with Gasteiger partial charge in [-0.3, -0.25) is 4.79 Å². The van der Waals surface area contributed by atoms with E-state index in [4.69, 9.17) is 9.84 Å². The number of carboxylic acid groups (broad SMARTS) is 1. The maximum atomic E-state index is 13.1. The number of rotatable bonds is 4. The first-order chi connectivity index (χ1) is 8.43. The van der Waals surface area contributed by atoms with Gasteiger partial charge >= 0.3 is 5.97 Å².